The molecule has 0 aromatic heterocycles. The van der Waals surface area contributed by atoms with Gasteiger partial charge in [0.05, 0.1) is 36.4 Å². The number of aliphatic hydroxyl groups excluding tert-OH is 2. The van der Waals surface area contributed by atoms with Crippen molar-refractivity contribution >= 4 is 12.1 Å². The maximum absolute atomic E-state index is 13.5. The Labute approximate surface area is 305 Å². The maximum atomic E-state index is 13.5. The topological polar surface area (TPSA) is 153 Å². The molecule has 4 aliphatic rings. The second-order valence-corrected chi connectivity index (χ2v) is 16.3. The Balaban J connectivity index is 1.43. The van der Waals surface area contributed by atoms with E-state index in [4.69, 9.17) is 14.2 Å². The monoisotopic (exact) mass is 718 g/mol. The van der Waals surface area contributed by atoms with Gasteiger partial charge in [0.1, 0.15) is 11.7 Å². The van der Waals surface area contributed by atoms with E-state index < -0.39 is 47.7 Å². The SMILES string of the molecule is CCC(O)C(C)C1OC1CC(C)(O)/C=C/C=C(\C)C1OC(=O)CC(O)CCC(C)(O)C(OC(=O)N2CCCN(CC3CCCC3)CC2)/C=C\C1C. The lowest BCUT2D eigenvalue weighted by Gasteiger charge is -2.34. The molecule has 4 rings (SSSR count). The summed E-state index contributed by atoms with van der Waals surface area (Å²) in [4.78, 5) is 30.6. The van der Waals surface area contributed by atoms with E-state index in [1.54, 1.807) is 43.1 Å². The molecule has 0 aromatic rings. The standard InChI is InChI=1S/C40H66N2O9/c1-7-32(44)29(4)37-33(49-37)25-39(5,47)18-10-12-27(2)36-28(3)15-16-34(40(6,48)19-17-31(43)24-35(45)51-36)50-38(46)42-21-11-20-41(22-23-42)26-30-13-8-9-14-30/h10,12,15-16,18,28-34,36-37,43-44,47-48H,7-9,11,13-14,17,19-26H2,1-6H3/b16-15-,18-10+,27-12+. The Morgan fingerprint density at radius 3 is 2.59 bits per heavy atom. The predicted octanol–water partition coefficient (Wildman–Crippen LogP) is 4.91. The molecule has 51 heavy (non-hydrogen) atoms. The molecule has 11 nitrogen and oxygen atoms in total. The molecule has 10 unspecified atom stereocenters. The van der Waals surface area contributed by atoms with Crippen LogP contribution in [0.25, 0.3) is 0 Å². The molecule has 1 saturated carbocycles. The second-order valence-electron chi connectivity index (χ2n) is 16.3. The molecule has 0 spiro atoms. The molecule has 290 valence electrons. The highest BCUT2D eigenvalue weighted by Gasteiger charge is 2.47. The van der Waals surface area contributed by atoms with E-state index >= 15 is 0 Å². The molecular weight excluding hydrogens is 652 g/mol. The first-order chi connectivity index (χ1) is 24.1. The molecule has 3 fully saturated rings. The highest BCUT2D eigenvalue weighted by atomic mass is 16.6. The van der Waals surface area contributed by atoms with Crippen molar-refractivity contribution in [3.63, 3.8) is 0 Å². The number of allylic oxidation sites excluding steroid dienone is 2. The van der Waals surface area contributed by atoms with Crippen LogP contribution in [0.2, 0.25) is 0 Å². The van der Waals surface area contributed by atoms with Crippen molar-refractivity contribution in [2.75, 3.05) is 32.7 Å². The number of cyclic esters (lactones) is 1. The van der Waals surface area contributed by atoms with Gasteiger partial charge in [0, 0.05) is 44.4 Å². The van der Waals surface area contributed by atoms with Crippen LogP contribution in [0, 0.1) is 17.8 Å². The Morgan fingerprint density at radius 2 is 1.88 bits per heavy atom. The molecule has 0 aromatic carbocycles. The minimum absolute atomic E-state index is 0.0103. The Hall–Kier alpha value is -2.28. The van der Waals surface area contributed by atoms with Crippen LogP contribution >= 0.6 is 0 Å². The third-order valence-electron chi connectivity index (χ3n) is 11.4. The maximum Gasteiger partial charge on any atom is 0.410 e. The summed E-state index contributed by atoms with van der Waals surface area (Å²) in [6.45, 7) is 14.9. The van der Waals surface area contributed by atoms with Crippen molar-refractivity contribution in [2.24, 2.45) is 17.8 Å². The third-order valence-corrected chi connectivity index (χ3v) is 11.4. The number of ether oxygens (including phenoxy) is 3. The lowest BCUT2D eigenvalue weighted by Crippen LogP contribution is -2.46. The van der Waals surface area contributed by atoms with E-state index in [1.165, 1.54) is 25.7 Å². The van der Waals surface area contributed by atoms with Crippen molar-refractivity contribution in [3.05, 3.63) is 36.0 Å². The molecule has 1 amide bonds. The zero-order chi connectivity index (χ0) is 37.3. The van der Waals surface area contributed by atoms with Crippen molar-refractivity contribution in [1.29, 1.82) is 0 Å². The van der Waals surface area contributed by atoms with Gasteiger partial charge in [0.25, 0.3) is 0 Å². The van der Waals surface area contributed by atoms with Crippen molar-refractivity contribution in [3.8, 4) is 0 Å². The second kappa shape index (κ2) is 18.7. The van der Waals surface area contributed by atoms with Crippen LogP contribution in [0.1, 0.15) is 106 Å². The number of carbonyl (C=O) groups is 2. The molecule has 0 bridgehead atoms. The van der Waals surface area contributed by atoms with Gasteiger partial charge in [-0.1, -0.05) is 57.9 Å². The van der Waals surface area contributed by atoms with Gasteiger partial charge in [0.2, 0.25) is 0 Å². The fourth-order valence-corrected chi connectivity index (χ4v) is 7.88. The summed E-state index contributed by atoms with van der Waals surface area (Å²) in [7, 11) is 0. The predicted molar refractivity (Wildman–Crippen MR) is 196 cm³/mol. The number of rotatable bonds is 11. The van der Waals surface area contributed by atoms with Gasteiger partial charge in [0.15, 0.2) is 6.10 Å². The van der Waals surface area contributed by atoms with Gasteiger partial charge in [-0.15, -0.1) is 0 Å². The molecule has 3 aliphatic heterocycles. The summed E-state index contributed by atoms with van der Waals surface area (Å²) in [6.07, 6.45) is 11.9. The van der Waals surface area contributed by atoms with Crippen LogP contribution in [-0.4, -0.2) is 123 Å². The van der Waals surface area contributed by atoms with Gasteiger partial charge in [-0.25, -0.2) is 4.79 Å². The largest absolute Gasteiger partial charge is 0.457 e. The van der Waals surface area contributed by atoms with Gasteiger partial charge in [-0.3, -0.25) is 4.79 Å². The summed E-state index contributed by atoms with van der Waals surface area (Å²) >= 11 is 0. The third kappa shape index (κ3) is 12.7. The Bertz CT molecular complexity index is 1230. The smallest absolute Gasteiger partial charge is 0.410 e. The van der Waals surface area contributed by atoms with Crippen LogP contribution in [0.15, 0.2) is 36.0 Å². The van der Waals surface area contributed by atoms with Gasteiger partial charge >= 0.3 is 12.1 Å². The molecule has 1 aliphatic carbocycles. The lowest BCUT2D eigenvalue weighted by molar-refractivity contribution is -0.151. The number of carbonyl (C=O) groups excluding carboxylic acids is 2. The first-order valence-electron chi connectivity index (χ1n) is 19.5. The molecule has 4 N–H and O–H groups in total. The number of nitrogens with zero attached hydrogens (tertiary/aromatic N) is 2. The highest BCUT2D eigenvalue weighted by Crippen LogP contribution is 2.37. The van der Waals surface area contributed by atoms with Gasteiger partial charge in [-0.2, -0.15) is 0 Å². The van der Waals surface area contributed by atoms with Crippen LogP contribution in [0.5, 0.6) is 0 Å². The van der Waals surface area contributed by atoms with Crippen LogP contribution in [0.3, 0.4) is 0 Å². The van der Waals surface area contributed by atoms with Crippen LogP contribution in [-0.2, 0) is 19.0 Å². The Kier molecular flexibility index (Phi) is 15.2. The first kappa shape index (κ1) is 41.5. The summed E-state index contributed by atoms with van der Waals surface area (Å²) in [5.41, 5.74) is -1.93. The minimum Gasteiger partial charge on any atom is -0.457 e. The minimum atomic E-state index is -1.48. The average Bonchev–Trinajstić information content (AvgIpc) is 3.71. The molecule has 3 heterocycles. The number of esters is 1. The van der Waals surface area contributed by atoms with Crippen LogP contribution < -0.4 is 0 Å². The summed E-state index contributed by atoms with van der Waals surface area (Å²) < 4.78 is 17.7. The number of amides is 1. The number of hydrogen-bond donors (Lipinski definition) is 4. The van der Waals surface area contributed by atoms with Gasteiger partial charge in [-0.05, 0) is 83.4 Å². The van der Waals surface area contributed by atoms with Crippen molar-refractivity contribution in [2.45, 2.75) is 154 Å². The summed E-state index contributed by atoms with van der Waals surface area (Å²) in [6, 6.07) is 0. The fourth-order valence-electron chi connectivity index (χ4n) is 7.88. The molecule has 2 saturated heterocycles. The van der Waals surface area contributed by atoms with Crippen molar-refractivity contribution in [1.82, 2.24) is 9.80 Å². The number of aliphatic hydroxyl groups is 4. The number of hydrogen-bond acceptors (Lipinski definition) is 10. The molecule has 0 radical (unpaired) electrons. The average molecular weight is 719 g/mol. The van der Waals surface area contributed by atoms with Gasteiger partial charge < -0.3 is 44.4 Å². The fraction of sp³-hybridized carbons (Fsp3) is 0.800. The van der Waals surface area contributed by atoms with E-state index in [9.17, 15) is 30.0 Å². The zero-order valence-electron chi connectivity index (χ0n) is 31.9. The Morgan fingerprint density at radius 1 is 1.16 bits per heavy atom. The highest BCUT2D eigenvalue weighted by molar-refractivity contribution is 5.70. The lowest BCUT2D eigenvalue weighted by atomic mass is 9.88. The van der Waals surface area contributed by atoms with Crippen LogP contribution in [0.4, 0.5) is 4.79 Å². The normalized spacial score (nSPS) is 35.2. The van der Waals surface area contributed by atoms with Crippen molar-refractivity contribution < 1.29 is 44.2 Å². The summed E-state index contributed by atoms with van der Waals surface area (Å²) in [5.74, 6) is -0.190. The summed E-state index contributed by atoms with van der Waals surface area (Å²) in [5, 5.41) is 43.5. The molecular formula is C40H66N2O9. The zero-order valence-corrected chi connectivity index (χ0v) is 31.9. The quantitative estimate of drug-likeness (QED) is 0.100. The van der Waals surface area contributed by atoms with E-state index in [-0.39, 0.29) is 43.3 Å². The van der Waals surface area contributed by atoms with E-state index in [1.807, 2.05) is 33.8 Å². The molecule has 11 heteroatoms. The van der Waals surface area contributed by atoms with E-state index in [2.05, 4.69) is 4.90 Å². The van der Waals surface area contributed by atoms with E-state index in [0.29, 0.717) is 31.5 Å². The molecule has 10 atom stereocenters. The first-order valence-corrected chi connectivity index (χ1v) is 19.5. The number of epoxide rings is 1. The van der Waals surface area contributed by atoms with E-state index in [0.717, 1.165) is 32.0 Å².